The lowest BCUT2D eigenvalue weighted by Crippen LogP contribution is -2.36. The van der Waals surface area contributed by atoms with Crippen LogP contribution in [0.1, 0.15) is 15.9 Å². The summed E-state index contributed by atoms with van der Waals surface area (Å²) in [7, 11) is 5.30. The van der Waals surface area contributed by atoms with E-state index < -0.39 is 0 Å². The highest BCUT2D eigenvalue weighted by Gasteiger charge is 2.13. The van der Waals surface area contributed by atoms with Gasteiger partial charge in [-0.15, -0.1) is 0 Å². The normalized spacial score (nSPS) is 10.5. The average Bonchev–Trinajstić information content (AvgIpc) is 2.61. The number of benzene rings is 2. The number of nitrogens with zero attached hydrogens (tertiary/aromatic N) is 2. The number of nitrogens with one attached hydrogen (secondary N) is 1. The molecule has 0 saturated heterocycles. The Kier molecular flexibility index (Phi) is 6.09. The number of carbonyl (C=O) groups is 2. The van der Waals surface area contributed by atoms with Gasteiger partial charge in [0, 0.05) is 31.9 Å². The Morgan fingerprint density at radius 1 is 0.958 bits per heavy atom. The van der Waals surface area contributed by atoms with E-state index in [9.17, 15) is 9.59 Å². The van der Waals surface area contributed by atoms with Gasteiger partial charge in [-0.25, -0.2) is 0 Å². The Morgan fingerprint density at radius 2 is 1.58 bits per heavy atom. The van der Waals surface area contributed by atoms with E-state index in [1.165, 1.54) is 0 Å². The molecule has 5 nitrogen and oxygen atoms in total. The van der Waals surface area contributed by atoms with E-state index in [0.717, 1.165) is 11.3 Å². The lowest BCUT2D eigenvalue weighted by molar-refractivity contribution is -0.119. The molecule has 2 amide bonds. The number of carbonyl (C=O) groups excluding carboxylic acids is 2. The van der Waals surface area contributed by atoms with E-state index >= 15 is 0 Å². The first-order chi connectivity index (χ1) is 11.5. The minimum atomic E-state index is -0.102. The second-order valence-electron chi connectivity index (χ2n) is 5.74. The van der Waals surface area contributed by atoms with Crippen molar-refractivity contribution in [2.45, 2.75) is 6.54 Å². The van der Waals surface area contributed by atoms with E-state index in [0.29, 0.717) is 18.7 Å². The first-order valence-electron chi connectivity index (χ1n) is 7.82. The summed E-state index contributed by atoms with van der Waals surface area (Å²) in [5, 5.41) is 2.60. The molecule has 0 heterocycles. The van der Waals surface area contributed by atoms with Crippen LogP contribution in [0.3, 0.4) is 0 Å². The molecule has 2 rings (SSSR count). The maximum absolute atomic E-state index is 12.4. The van der Waals surface area contributed by atoms with Crippen LogP contribution in [0.4, 0.5) is 5.69 Å². The molecule has 0 bridgehead atoms. The van der Waals surface area contributed by atoms with Gasteiger partial charge >= 0.3 is 0 Å². The Morgan fingerprint density at radius 3 is 2.17 bits per heavy atom. The molecule has 1 N–H and O–H groups in total. The van der Waals surface area contributed by atoms with Crippen molar-refractivity contribution in [3.63, 3.8) is 0 Å². The van der Waals surface area contributed by atoms with Crippen LogP contribution in [0, 0.1) is 0 Å². The smallest absolute Gasteiger partial charge is 0.251 e. The predicted octanol–water partition coefficient (Wildman–Crippen LogP) is 2.14. The third kappa shape index (κ3) is 4.67. The Bertz CT molecular complexity index is 684. The van der Waals surface area contributed by atoms with Gasteiger partial charge in [0.25, 0.3) is 5.91 Å². The largest absolute Gasteiger partial charge is 0.355 e. The minimum Gasteiger partial charge on any atom is -0.355 e. The molecule has 0 aliphatic heterocycles. The summed E-state index contributed by atoms with van der Waals surface area (Å²) in [5.41, 5.74) is 2.56. The lowest BCUT2D eigenvalue weighted by Gasteiger charge is -2.22. The fourth-order valence-electron chi connectivity index (χ4n) is 2.41. The molecule has 2 aromatic rings. The maximum atomic E-state index is 12.4. The quantitative estimate of drug-likeness (QED) is 0.885. The highest BCUT2D eigenvalue weighted by atomic mass is 16.2. The third-order valence-electron chi connectivity index (χ3n) is 3.82. The van der Waals surface area contributed by atoms with E-state index in [1.54, 1.807) is 31.1 Å². The van der Waals surface area contributed by atoms with Crippen LogP contribution in [0.2, 0.25) is 0 Å². The predicted molar refractivity (Wildman–Crippen MR) is 96.0 cm³/mol. The van der Waals surface area contributed by atoms with Crippen molar-refractivity contribution < 1.29 is 9.59 Å². The van der Waals surface area contributed by atoms with Gasteiger partial charge in [-0.05, 0) is 36.9 Å². The number of likely N-dealkylation sites (N-methyl/N-ethyl adjacent to an activating group) is 2. The van der Waals surface area contributed by atoms with E-state index in [1.807, 2.05) is 54.4 Å². The standard InChI is InChI=1S/C19H23N3O2/c1-20-19(24)16-11-9-15(10-12-16)13-21(2)14-18(23)22(3)17-7-5-4-6-8-17/h4-12H,13-14H2,1-3H3,(H,20,24). The highest BCUT2D eigenvalue weighted by Crippen LogP contribution is 2.12. The molecule has 0 saturated carbocycles. The van der Waals surface area contributed by atoms with Gasteiger partial charge in [-0.3, -0.25) is 14.5 Å². The van der Waals surface area contributed by atoms with Crippen molar-refractivity contribution in [3.05, 3.63) is 65.7 Å². The van der Waals surface area contributed by atoms with E-state index in [2.05, 4.69) is 5.32 Å². The summed E-state index contributed by atoms with van der Waals surface area (Å²) in [6, 6.07) is 17.0. The maximum Gasteiger partial charge on any atom is 0.251 e. The molecule has 0 aromatic heterocycles. The van der Waals surface area contributed by atoms with Crippen molar-refractivity contribution in [1.82, 2.24) is 10.2 Å². The van der Waals surface area contributed by atoms with Gasteiger partial charge in [0.05, 0.1) is 6.54 Å². The van der Waals surface area contributed by atoms with Gasteiger partial charge in [0.1, 0.15) is 0 Å². The van der Waals surface area contributed by atoms with Crippen LogP contribution >= 0.6 is 0 Å². The molecule has 0 atom stereocenters. The fraction of sp³-hybridized carbons (Fsp3) is 0.263. The van der Waals surface area contributed by atoms with Gasteiger partial charge in [-0.1, -0.05) is 30.3 Å². The Labute approximate surface area is 142 Å². The van der Waals surface area contributed by atoms with Crippen molar-refractivity contribution in [2.24, 2.45) is 0 Å². The second-order valence-corrected chi connectivity index (χ2v) is 5.74. The number of rotatable bonds is 6. The first kappa shape index (κ1) is 17.7. The first-order valence-corrected chi connectivity index (χ1v) is 7.82. The highest BCUT2D eigenvalue weighted by molar-refractivity contribution is 5.94. The Hall–Kier alpha value is -2.66. The lowest BCUT2D eigenvalue weighted by atomic mass is 10.1. The summed E-state index contributed by atoms with van der Waals surface area (Å²) >= 11 is 0. The molecule has 0 radical (unpaired) electrons. The zero-order chi connectivity index (χ0) is 17.5. The number of anilines is 1. The summed E-state index contributed by atoms with van der Waals surface area (Å²) in [5.74, 6) is -0.0692. The molecule has 0 spiro atoms. The summed E-state index contributed by atoms with van der Waals surface area (Å²) in [4.78, 5) is 27.5. The number of para-hydroxylation sites is 1. The Balaban J connectivity index is 1.91. The zero-order valence-electron chi connectivity index (χ0n) is 14.3. The molecular weight excluding hydrogens is 302 g/mol. The number of hydrogen-bond acceptors (Lipinski definition) is 3. The van der Waals surface area contributed by atoms with Crippen LogP contribution in [0.15, 0.2) is 54.6 Å². The summed E-state index contributed by atoms with van der Waals surface area (Å²) in [6.45, 7) is 0.963. The minimum absolute atomic E-state index is 0.0330. The molecular formula is C19H23N3O2. The molecule has 0 aliphatic rings. The average molecular weight is 325 g/mol. The molecule has 2 aromatic carbocycles. The van der Waals surface area contributed by atoms with E-state index in [4.69, 9.17) is 0 Å². The van der Waals surface area contributed by atoms with Crippen LogP contribution in [0.5, 0.6) is 0 Å². The van der Waals surface area contributed by atoms with Gasteiger partial charge in [-0.2, -0.15) is 0 Å². The number of amides is 2. The molecule has 0 fully saturated rings. The SMILES string of the molecule is CNC(=O)c1ccc(CN(C)CC(=O)N(C)c2ccccc2)cc1. The summed E-state index contributed by atoms with van der Waals surface area (Å²) in [6.07, 6.45) is 0. The summed E-state index contributed by atoms with van der Waals surface area (Å²) < 4.78 is 0. The number of hydrogen-bond donors (Lipinski definition) is 1. The van der Waals surface area contributed by atoms with Gasteiger partial charge in [0.15, 0.2) is 0 Å². The van der Waals surface area contributed by atoms with Gasteiger partial charge in [0.2, 0.25) is 5.91 Å². The van der Waals surface area contributed by atoms with Crippen LogP contribution in [-0.2, 0) is 11.3 Å². The molecule has 24 heavy (non-hydrogen) atoms. The topological polar surface area (TPSA) is 52.7 Å². The van der Waals surface area contributed by atoms with Crippen LogP contribution in [-0.4, -0.2) is 44.4 Å². The van der Waals surface area contributed by atoms with Crippen molar-refractivity contribution in [3.8, 4) is 0 Å². The van der Waals surface area contributed by atoms with Crippen LogP contribution < -0.4 is 10.2 Å². The van der Waals surface area contributed by atoms with E-state index in [-0.39, 0.29) is 11.8 Å². The van der Waals surface area contributed by atoms with Crippen molar-refractivity contribution in [1.29, 1.82) is 0 Å². The van der Waals surface area contributed by atoms with Crippen LogP contribution in [0.25, 0.3) is 0 Å². The zero-order valence-corrected chi connectivity index (χ0v) is 14.3. The van der Waals surface area contributed by atoms with Gasteiger partial charge < -0.3 is 10.2 Å². The molecule has 0 aliphatic carbocycles. The third-order valence-corrected chi connectivity index (χ3v) is 3.82. The second kappa shape index (κ2) is 8.26. The van der Waals surface area contributed by atoms with Crippen molar-refractivity contribution >= 4 is 17.5 Å². The molecule has 126 valence electrons. The monoisotopic (exact) mass is 325 g/mol. The molecule has 5 heteroatoms. The van der Waals surface area contributed by atoms with Crippen molar-refractivity contribution in [2.75, 3.05) is 32.6 Å². The molecule has 0 unspecified atom stereocenters. The fourth-order valence-corrected chi connectivity index (χ4v) is 2.41.